The summed E-state index contributed by atoms with van der Waals surface area (Å²) >= 11 is 0. The molecule has 0 aromatic heterocycles. The van der Waals surface area contributed by atoms with Crippen LogP contribution in [0.25, 0.3) is 0 Å². The molecule has 110 valence electrons. The molecule has 0 unspecified atom stereocenters. The molecule has 0 fully saturated rings. The average molecular weight is 277 g/mol. The van der Waals surface area contributed by atoms with E-state index >= 15 is 0 Å². The van der Waals surface area contributed by atoms with Gasteiger partial charge in [-0.25, -0.2) is 0 Å². The van der Waals surface area contributed by atoms with Gasteiger partial charge < -0.3 is 16.0 Å². The maximum atomic E-state index is 12.2. The third kappa shape index (κ3) is 5.01. The summed E-state index contributed by atoms with van der Waals surface area (Å²) in [4.78, 5) is 25.3. The molecule has 1 aromatic rings. The summed E-state index contributed by atoms with van der Waals surface area (Å²) in [7, 11) is 1.58. The number of hydrogen-bond acceptors (Lipinski definition) is 3. The van der Waals surface area contributed by atoms with Crippen molar-refractivity contribution in [1.82, 2.24) is 10.2 Å². The number of amides is 2. The van der Waals surface area contributed by atoms with Gasteiger partial charge in [-0.2, -0.15) is 0 Å². The fourth-order valence-electron chi connectivity index (χ4n) is 1.79. The number of likely N-dealkylation sites (N-methyl/N-ethyl adjacent to an activating group) is 1. The van der Waals surface area contributed by atoms with Crippen molar-refractivity contribution in [3.8, 4) is 0 Å². The van der Waals surface area contributed by atoms with Crippen molar-refractivity contribution < 1.29 is 9.59 Å². The molecule has 0 saturated carbocycles. The largest absolute Gasteiger partial charge is 0.350 e. The summed E-state index contributed by atoms with van der Waals surface area (Å²) in [5.74, 6) is -0.478. The second kappa shape index (κ2) is 6.52. The fourth-order valence-corrected chi connectivity index (χ4v) is 1.79. The summed E-state index contributed by atoms with van der Waals surface area (Å²) < 4.78 is 0. The first-order valence-corrected chi connectivity index (χ1v) is 6.57. The second-order valence-corrected chi connectivity index (χ2v) is 5.88. The lowest BCUT2D eigenvalue weighted by Crippen LogP contribution is -2.47. The Kier molecular flexibility index (Phi) is 5.27. The van der Waals surface area contributed by atoms with Gasteiger partial charge in [-0.15, -0.1) is 0 Å². The fraction of sp³-hybridized carbons (Fsp3) is 0.467. The Balaban J connectivity index is 2.61. The summed E-state index contributed by atoms with van der Waals surface area (Å²) in [5.41, 5.74) is 6.34. The third-order valence-corrected chi connectivity index (χ3v) is 2.70. The van der Waals surface area contributed by atoms with Gasteiger partial charge in [0.2, 0.25) is 11.8 Å². The van der Waals surface area contributed by atoms with Crippen LogP contribution >= 0.6 is 0 Å². The average Bonchev–Trinajstić information content (AvgIpc) is 2.35. The van der Waals surface area contributed by atoms with Gasteiger partial charge in [0.25, 0.3) is 0 Å². The topological polar surface area (TPSA) is 75.4 Å². The quantitative estimate of drug-likeness (QED) is 0.864. The first-order chi connectivity index (χ1) is 9.20. The number of benzene rings is 1. The van der Waals surface area contributed by atoms with Crippen LogP contribution in [0.15, 0.2) is 30.3 Å². The van der Waals surface area contributed by atoms with Crippen molar-refractivity contribution in [2.45, 2.75) is 32.4 Å². The minimum atomic E-state index is -0.747. The number of hydrogen-bond donors (Lipinski definition) is 2. The van der Waals surface area contributed by atoms with Gasteiger partial charge in [0.15, 0.2) is 0 Å². The zero-order valence-electron chi connectivity index (χ0n) is 12.5. The predicted molar refractivity (Wildman–Crippen MR) is 78.9 cm³/mol. The van der Waals surface area contributed by atoms with Crippen molar-refractivity contribution in [2.75, 3.05) is 13.6 Å². The summed E-state index contributed by atoms with van der Waals surface area (Å²) in [6.45, 7) is 5.67. The van der Waals surface area contributed by atoms with E-state index in [0.29, 0.717) is 0 Å². The molecule has 0 bridgehead atoms. The second-order valence-electron chi connectivity index (χ2n) is 5.88. The SMILES string of the molecule is CN(CC(=O)NC(C)(C)C)C(=O)[C@@H](N)c1ccccc1. The van der Waals surface area contributed by atoms with Crippen molar-refractivity contribution in [1.29, 1.82) is 0 Å². The molecule has 0 aliphatic carbocycles. The Labute approximate surface area is 120 Å². The maximum Gasteiger partial charge on any atom is 0.244 e. The lowest BCUT2D eigenvalue weighted by atomic mass is 10.1. The van der Waals surface area contributed by atoms with Crippen LogP contribution < -0.4 is 11.1 Å². The van der Waals surface area contributed by atoms with Gasteiger partial charge in [0.1, 0.15) is 6.04 Å². The molecule has 0 radical (unpaired) electrons. The molecule has 0 aliphatic rings. The van der Waals surface area contributed by atoms with Gasteiger partial charge in [0.05, 0.1) is 6.54 Å². The van der Waals surface area contributed by atoms with E-state index in [1.54, 1.807) is 19.2 Å². The van der Waals surface area contributed by atoms with Crippen LogP contribution in [-0.2, 0) is 9.59 Å². The molecule has 5 nitrogen and oxygen atoms in total. The van der Waals surface area contributed by atoms with Gasteiger partial charge in [-0.05, 0) is 26.3 Å². The van der Waals surface area contributed by atoms with Crippen molar-refractivity contribution in [2.24, 2.45) is 5.73 Å². The third-order valence-electron chi connectivity index (χ3n) is 2.70. The standard InChI is InChI=1S/C15H23N3O2/c1-15(2,3)17-12(19)10-18(4)14(20)13(16)11-8-6-5-7-9-11/h5-9,13H,10,16H2,1-4H3,(H,17,19)/t13-/m0/s1. The van der Waals surface area contributed by atoms with E-state index in [1.807, 2.05) is 39.0 Å². The summed E-state index contributed by atoms with van der Waals surface area (Å²) in [6.07, 6.45) is 0. The Bertz CT molecular complexity index is 466. The smallest absolute Gasteiger partial charge is 0.244 e. The van der Waals surface area contributed by atoms with Gasteiger partial charge >= 0.3 is 0 Å². The first-order valence-electron chi connectivity index (χ1n) is 6.57. The van der Waals surface area contributed by atoms with E-state index in [1.165, 1.54) is 4.90 Å². The number of carbonyl (C=O) groups is 2. The molecule has 1 aromatic carbocycles. The molecule has 0 heterocycles. The van der Waals surface area contributed by atoms with E-state index < -0.39 is 6.04 Å². The number of nitrogens with one attached hydrogen (secondary N) is 1. The van der Waals surface area contributed by atoms with E-state index in [2.05, 4.69) is 5.32 Å². The molecule has 0 spiro atoms. The molecule has 0 saturated heterocycles. The Morgan fingerprint density at radius 1 is 1.25 bits per heavy atom. The van der Waals surface area contributed by atoms with Crippen LogP contribution in [-0.4, -0.2) is 35.8 Å². The first kappa shape index (κ1) is 16.2. The number of carbonyl (C=O) groups excluding carboxylic acids is 2. The minimum Gasteiger partial charge on any atom is -0.350 e. The van der Waals surface area contributed by atoms with Crippen LogP contribution in [0.1, 0.15) is 32.4 Å². The van der Waals surface area contributed by atoms with Crippen LogP contribution in [0.4, 0.5) is 0 Å². The Morgan fingerprint density at radius 2 is 1.80 bits per heavy atom. The molecule has 1 atom stereocenters. The molecule has 20 heavy (non-hydrogen) atoms. The lowest BCUT2D eigenvalue weighted by Gasteiger charge is -2.25. The number of nitrogens with two attached hydrogens (primary N) is 1. The van der Waals surface area contributed by atoms with Crippen molar-refractivity contribution in [3.63, 3.8) is 0 Å². The highest BCUT2D eigenvalue weighted by Gasteiger charge is 2.22. The van der Waals surface area contributed by atoms with Crippen LogP contribution in [0.5, 0.6) is 0 Å². The molecule has 5 heteroatoms. The summed E-state index contributed by atoms with van der Waals surface area (Å²) in [5, 5.41) is 2.81. The zero-order chi connectivity index (χ0) is 15.3. The molecule has 2 amide bonds. The van der Waals surface area contributed by atoms with Crippen LogP contribution in [0, 0.1) is 0 Å². The molecular weight excluding hydrogens is 254 g/mol. The highest BCUT2D eigenvalue weighted by molar-refractivity contribution is 5.88. The van der Waals surface area contributed by atoms with Gasteiger partial charge in [0, 0.05) is 12.6 Å². The van der Waals surface area contributed by atoms with Crippen LogP contribution in [0.2, 0.25) is 0 Å². The minimum absolute atomic E-state index is 0.00334. The van der Waals surface area contributed by atoms with Crippen molar-refractivity contribution in [3.05, 3.63) is 35.9 Å². The zero-order valence-corrected chi connectivity index (χ0v) is 12.5. The van der Waals surface area contributed by atoms with Gasteiger partial charge in [-0.1, -0.05) is 30.3 Å². The monoisotopic (exact) mass is 277 g/mol. The molecule has 0 aliphatic heterocycles. The molecule has 1 rings (SSSR count). The number of nitrogens with zero attached hydrogens (tertiary/aromatic N) is 1. The van der Waals surface area contributed by atoms with E-state index in [0.717, 1.165) is 5.56 Å². The highest BCUT2D eigenvalue weighted by atomic mass is 16.2. The van der Waals surface area contributed by atoms with E-state index in [4.69, 9.17) is 5.73 Å². The normalized spacial score (nSPS) is 12.7. The van der Waals surface area contributed by atoms with Gasteiger partial charge in [-0.3, -0.25) is 9.59 Å². The Morgan fingerprint density at radius 3 is 2.30 bits per heavy atom. The van der Waals surface area contributed by atoms with Crippen LogP contribution in [0.3, 0.4) is 0 Å². The van der Waals surface area contributed by atoms with Crippen molar-refractivity contribution >= 4 is 11.8 Å². The highest BCUT2D eigenvalue weighted by Crippen LogP contribution is 2.12. The molecular formula is C15H23N3O2. The number of rotatable bonds is 4. The Hall–Kier alpha value is -1.88. The maximum absolute atomic E-state index is 12.2. The summed E-state index contributed by atoms with van der Waals surface area (Å²) in [6, 6.07) is 8.37. The lowest BCUT2D eigenvalue weighted by molar-refractivity contribution is -0.136. The van der Waals surface area contributed by atoms with E-state index in [-0.39, 0.29) is 23.9 Å². The molecule has 3 N–H and O–H groups in total. The van der Waals surface area contributed by atoms with E-state index in [9.17, 15) is 9.59 Å². The predicted octanol–water partition coefficient (Wildman–Crippen LogP) is 1.06.